The Morgan fingerprint density at radius 3 is 2.43 bits per heavy atom. The molecule has 1 atom stereocenters. The Hall–Kier alpha value is -4.80. The van der Waals surface area contributed by atoms with Gasteiger partial charge < -0.3 is 14.2 Å². The number of hydrogen-bond acceptors (Lipinski definition) is 7. The largest absolute Gasteiger partial charge is 0.493 e. The lowest BCUT2D eigenvalue weighted by Crippen LogP contribution is -2.40. The molecule has 232 valence electrons. The lowest BCUT2D eigenvalue weighted by atomic mass is 9.93. The Labute approximate surface area is 276 Å². The molecule has 1 aromatic heterocycles. The standard InChI is InChI=1S/C36H28BrFN2O5S/c1-3-44-35(42)31-32(24-7-5-4-6-8-24)39-36-40(33(31)25-12-16-27(38)17-13-25)34(41)30(46-36)20-23-11-18-28(29(19-23)43-2)45-21-22-9-14-26(37)15-10-22/h4-20,33H,3,21H2,1-2H3/b30-20-/t33-/m0/s1. The number of halogens is 2. The van der Waals surface area contributed by atoms with E-state index in [4.69, 9.17) is 19.2 Å². The predicted octanol–water partition coefficient (Wildman–Crippen LogP) is 6.42. The maximum Gasteiger partial charge on any atom is 0.338 e. The van der Waals surface area contributed by atoms with Crippen LogP contribution in [0.5, 0.6) is 11.5 Å². The van der Waals surface area contributed by atoms with Crippen molar-refractivity contribution in [3.63, 3.8) is 0 Å². The first kappa shape index (κ1) is 31.2. The molecule has 0 N–H and O–H groups in total. The second-order valence-electron chi connectivity index (χ2n) is 10.3. The molecule has 0 bridgehead atoms. The van der Waals surface area contributed by atoms with Gasteiger partial charge >= 0.3 is 5.97 Å². The van der Waals surface area contributed by atoms with Crippen molar-refractivity contribution in [2.24, 2.45) is 4.99 Å². The van der Waals surface area contributed by atoms with Crippen molar-refractivity contribution in [3.8, 4) is 11.5 Å². The molecule has 46 heavy (non-hydrogen) atoms. The summed E-state index contributed by atoms with van der Waals surface area (Å²) in [5.41, 5.74) is 3.21. The van der Waals surface area contributed by atoms with Crippen LogP contribution in [-0.2, 0) is 16.1 Å². The minimum atomic E-state index is -0.892. The molecule has 0 radical (unpaired) electrons. The van der Waals surface area contributed by atoms with Gasteiger partial charge in [0.1, 0.15) is 12.4 Å². The number of rotatable bonds is 9. The van der Waals surface area contributed by atoms with E-state index in [0.717, 1.165) is 10.0 Å². The second kappa shape index (κ2) is 13.7. The zero-order chi connectivity index (χ0) is 32.2. The van der Waals surface area contributed by atoms with Gasteiger partial charge in [0, 0.05) is 10.0 Å². The van der Waals surface area contributed by atoms with E-state index < -0.39 is 17.8 Å². The van der Waals surface area contributed by atoms with E-state index in [0.29, 0.717) is 49.8 Å². The molecule has 0 spiro atoms. The fourth-order valence-corrected chi connectivity index (χ4v) is 6.45. The van der Waals surface area contributed by atoms with Crippen molar-refractivity contribution in [3.05, 3.63) is 155 Å². The van der Waals surface area contributed by atoms with Crippen molar-refractivity contribution >= 4 is 45.0 Å². The van der Waals surface area contributed by atoms with Gasteiger partial charge in [0.15, 0.2) is 16.3 Å². The summed E-state index contributed by atoms with van der Waals surface area (Å²) < 4.78 is 34.0. The lowest BCUT2D eigenvalue weighted by Gasteiger charge is -2.25. The van der Waals surface area contributed by atoms with Crippen LogP contribution in [0.15, 0.2) is 117 Å². The van der Waals surface area contributed by atoms with Crippen molar-refractivity contribution in [2.75, 3.05) is 13.7 Å². The van der Waals surface area contributed by atoms with E-state index >= 15 is 0 Å². The molecule has 1 aliphatic rings. The Balaban J connectivity index is 1.46. The van der Waals surface area contributed by atoms with Crippen LogP contribution in [0.25, 0.3) is 11.8 Å². The fourth-order valence-electron chi connectivity index (χ4n) is 5.19. The zero-order valence-electron chi connectivity index (χ0n) is 24.9. The zero-order valence-corrected chi connectivity index (χ0v) is 27.3. The fraction of sp³-hybridized carbons (Fsp3) is 0.139. The molecule has 10 heteroatoms. The summed E-state index contributed by atoms with van der Waals surface area (Å²) >= 11 is 4.64. The Morgan fingerprint density at radius 2 is 1.74 bits per heavy atom. The number of thiazole rings is 1. The van der Waals surface area contributed by atoms with E-state index in [1.807, 2.05) is 60.7 Å². The molecule has 1 aliphatic heterocycles. The number of hydrogen-bond donors (Lipinski definition) is 0. The minimum Gasteiger partial charge on any atom is -0.493 e. The van der Waals surface area contributed by atoms with Crippen LogP contribution in [0.4, 0.5) is 4.39 Å². The highest BCUT2D eigenvalue weighted by Gasteiger charge is 2.35. The van der Waals surface area contributed by atoms with Crippen molar-refractivity contribution in [1.29, 1.82) is 0 Å². The first-order valence-corrected chi connectivity index (χ1v) is 16.1. The normalized spacial score (nSPS) is 14.4. The molecule has 0 unspecified atom stereocenters. The molecular weight excluding hydrogens is 671 g/mol. The van der Waals surface area contributed by atoms with Crippen LogP contribution in [0.1, 0.15) is 35.2 Å². The van der Waals surface area contributed by atoms with Crippen molar-refractivity contribution in [1.82, 2.24) is 4.57 Å². The van der Waals surface area contributed by atoms with Gasteiger partial charge in [0.05, 0.1) is 35.6 Å². The molecule has 0 fully saturated rings. The van der Waals surface area contributed by atoms with Gasteiger partial charge in [0.25, 0.3) is 5.56 Å². The maximum atomic E-state index is 14.1. The summed E-state index contributed by atoms with van der Waals surface area (Å²) in [7, 11) is 1.56. The number of ether oxygens (including phenoxy) is 3. The van der Waals surface area contributed by atoms with E-state index in [-0.39, 0.29) is 17.7 Å². The number of aromatic nitrogens is 1. The predicted molar refractivity (Wildman–Crippen MR) is 179 cm³/mol. The molecular formula is C36H28BrFN2O5S. The Morgan fingerprint density at radius 1 is 1.00 bits per heavy atom. The van der Waals surface area contributed by atoms with Crippen LogP contribution >= 0.6 is 27.3 Å². The maximum absolute atomic E-state index is 14.1. The number of benzene rings is 4. The third kappa shape index (κ3) is 6.45. The highest BCUT2D eigenvalue weighted by atomic mass is 79.9. The van der Waals surface area contributed by atoms with Crippen molar-refractivity contribution in [2.45, 2.75) is 19.6 Å². The molecule has 0 amide bonds. The smallest absolute Gasteiger partial charge is 0.338 e. The molecule has 0 saturated heterocycles. The van der Waals surface area contributed by atoms with Gasteiger partial charge in [-0.2, -0.15) is 0 Å². The number of carbonyl (C=O) groups excluding carboxylic acids is 1. The van der Waals surface area contributed by atoms with Gasteiger partial charge in [-0.3, -0.25) is 9.36 Å². The number of carbonyl (C=O) groups is 1. The number of esters is 1. The van der Waals surface area contributed by atoms with Gasteiger partial charge in [-0.25, -0.2) is 14.2 Å². The van der Waals surface area contributed by atoms with Gasteiger partial charge in [-0.15, -0.1) is 0 Å². The Bertz CT molecular complexity index is 2110. The molecule has 0 saturated carbocycles. The number of methoxy groups -OCH3 is 1. The summed E-state index contributed by atoms with van der Waals surface area (Å²) in [6.45, 7) is 2.21. The minimum absolute atomic E-state index is 0.135. The first-order chi connectivity index (χ1) is 22.4. The lowest BCUT2D eigenvalue weighted by molar-refractivity contribution is -0.138. The topological polar surface area (TPSA) is 79.1 Å². The molecule has 5 aromatic rings. The summed E-state index contributed by atoms with van der Waals surface area (Å²) in [5.74, 6) is 0.0437. The van der Waals surface area contributed by atoms with E-state index in [1.54, 1.807) is 44.4 Å². The summed E-state index contributed by atoms with van der Waals surface area (Å²) in [4.78, 5) is 32.9. The number of nitrogens with zero attached hydrogens (tertiary/aromatic N) is 2. The van der Waals surface area contributed by atoms with Crippen LogP contribution in [0, 0.1) is 5.82 Å². The molecule has 2 heterocycles. The molecule has 4 aromatic carbocycles. The second-order valence-corrected chi connectivity index (χ2v) is 12.2. The first-order valence-electron chi connectivity index (χ1n) is 14.5. The summed E-state index contributed by atoms with van der Waals surface area (Å²) in [6, 6.07) is 27.4. The van der Waals surface area contributed by atoms with Gasteiger partial charge in [-0.05, 0) is 66.1 Å². The van der Waals surface area contributed by atoms with Gasteiger partial charge in [0.2, 0.25) is 0 Å². The third-order valence-electron chi connectivity index (χ3n) is 7.35. The Kier molecular flexibility index (Phi) is 9.28. The molecule has 6 rings (SSSR count). The average Bonchev–Trinajstić information content (AvgIpc) is 3.38. The third-order valence-corrected chi connectivity index (χ3v) is 8.86. The van der Waals surface area contributed by atoms with Crippen LogP contribution in [0.2, 0.25) is 0 Å². The van der Waals surface area contributed by atoms with Crippen molar-refractivity contribution < 1.29 is 23.4 Å². The highest BCUT2D eigenvalue weighted by molar-refractivity contribution is 9.10. The van der Waals surface area contributed by atoms with E-state index in [2.05, 4.69) is 15.9 Å². The summed E-state index contributed by atoms with van der Waals surface area (Å²) in [6.07, 6.45) is 1.75. The quantitative estimate of drug-likeness (QED) is 0.166. The summed E-state index contributed by atoms with van der Waals surface area (Å²) in [5, 5.41) is 0. The molecule has 0 aliphatic carbocycles. The van der Waals surface area contributed by atoms with E-state index in [1.165, 1.54) is 28.0 Å². The monoisotopic (exact) mass is 698 g/mol. The van der Waals surface area contributed by atoms with E-state index in [9.17, 15) is 14.0 Å². The molecule has 7 nitrogen and oxygen atoms in total. The van der Waals surface area contributed by atoms with Crippen LogP contribution < -0.4 is 24.4 Å². The van der Waals surface area contributed by atoms with Crippen LogP contribution in [0.3, 0.4) is 0 Å². The SMILES string of the molecule is CCOC(=O)C1=C(c2ccccc2)N=c2s/c(=C\c3ccc(OCc4ccc(Br)cc4)c(OC)c3)c(=O)n2[C@H]1c1ccc(F)cc1. The van der Waals surface area contributed by atoms with Gasteiger partial charge in [-0.1, -0.05) is 87.9 Å². The average molecular weight is 700 g/mol. The van der Waals surface area contributed by atoms with Crippen LogP contribution in [-0.4, -0.2) is 24.3 Å². The number of fused-ring (bicyclic) bond motifs is 1. The highest BCUT2D eigenvalue weighted by Crippen LogP contribution is 2.35.